The summed E-state index contributed by atoms with van der Waals surface area (Å²) in [5, 5.41) is 3.51. The minimum atomic E-state index is 0.432. The van der Waals surface area contributed by atoms with E-state index in [1.165, 1.54) is 42.6 Å². The molecule has 118 valence electrons. The van der Waals surface area contributed by atoms with Crippen molar-refractivity contribution in [1.29, 1.82) is 0 Å². The second-order valence-electron chi connectivity index (χ2n) is 6.70. The highest BCUT2D eigenvalue weighted by Crippen LogP contribution is 2.22. The molecule has 3 heteroatoms. The molecule has 0 bridgehead atoms. The summed E-state index contributed by atoms with van der Waals surface area (Å²) < 4.78 is 0. The van der Waals surface area contributed by atoms with E-state index in [9.17, 15) is 0 Å². The number of hydrogen-bond donors (Lipinski definition) is 1. The normalized spacial score (nSPS) is 19.1. The molecule has 1 aromatic rings. The molecule has 2 rings (SSSR count). The zero-order valence-electron chi connectivity index (χ0n) is 14.3. The fraction of sp³-hybridized carbons (Fsp3) is 0.667. The molecule has 3 nitrogen and oxygen atoms in total. The number of piperidine rings is 1. The summed E-state index contributed by atoms with van der Waals surface area (Å²) in [5.41, 5.74) is 4.19. The van der Waals surface area contributed by atoms with Crippen LogP contribution in [0.5, 0.6) is 0 Å². The van der Waals surface area contributed by atoms with Gasteiger partial charge in [-0.15, -0.1) is 0 Å². The van der Waals surface area contributed by atoms with Gasteiger partial charge in [-0.1, -0.05) is 23.8 Å². The largest absolute Gasteiger partial charge is 0.312 e. The second-order valence-corrected chi connectivity index (χ2v) is 6.70. The zero-order chi connectivity index (χ0) is 15.4. The summed E-state index contributed by atoms with van der Waals surface area (Å²) in [5.74, 6) is 0. The molecule has 0 saturated carbocycles. The Kier molecular flexibility index (Phi) is 5.80. The number of likely N-dealkylation sites (tertiary alicyclic amines) is 1. The van der Waals surface area contributed by atoms with E-state index in [0.717, 1.165) is 12.6 Å². The van der Waals surface area contributed by atoms with Crippen molar-refractivity contribution in [3.05, 3.63) is 34.9 Å². The van der Waals surface area contributed by atoms with Crippen LogP contribution in [-0.4, -0.2) is 56.6 Å². The van der Waals surface area contributed by atoms with Gasteiger partial charge in [0.05, 0.1) is 0 Å². The van der Waals surface area contributed by atoms with Gasteiger partial charge in [-0.3, -0.25) is 0 Å². The van der Waals surface area contributed by atoms with Crippen molar-refractivity contribution in [3.8, 4) is 0 Å². The van der Waals surface area contributed by atoms with Gasteiger partial charge in [0, 0.05) is 18.6 Å². The SMILES string of the molecule is CNC(CN1CCC(N(C)C)CC1)c1ccc(C)cc1C. The second kappa shape index (κ2) is 7.39. The Morgan fingerprint density at radius 3 is 2.43 bits per heavy atom. The van der Waals surface area contributed by atoms with Gasteiger partial charge in [-0.25, -0.2) is 0 Å². The molecular weight excluding hydrogens is 258 g/mol. The van der Waals surface area contributed by atoms with Crippen LogP contribution in [0.4, 0.5) is 0 Å². The molecule has 1 N–H and O–H groups in total. The van der Waals surface area contributed by atoms with Gasteiger partial charge >= 0.3 is 0 Å². The number of nitrogens with one attached hydrogen (secondary N) is 1. The Labute approximate surface area is 130 Å². The van der Waals surface area contributed by atoms with Crippen LogP contribution in [-0.2, 0) is 0 Å². The first-order chi connectivity index (χ1) is 10.0. The first-order valence-electron chi connectivity index (χ1n) is 8.14. The highest BCUT2D eigenvalue weighted by Gasteiger charge is 2.23. The summed E-state index contributed by atoms with van der Waals surface area (Å²) >= 11 is 0. The third kappa shape index (κ3) is 4.29. The Morgan fingerprint density at radius 1 is 1.24 bits per heavy atom. The maximum absolute atomic E-state index is 3.51. The summed E-state index contributed by atoms with van der Waals surface area (Å²) in [6.07, 6.45) is 2.58. The average Bonchev–Trinajstić information content (AvgIpc) is 2.46. The van der Waals surface area contributed by atoms with Crippen LogP contribution in [0, 0.1) is 13.8 Å². The molecule has 1 unspecified atom stereocenters. The molecule has 1 aliphatic rings. The molecule has 1 fully saturated rings. The van der Waals surface area contributed by atoms with Gasteiger partial charge in [-0.05, 0) is 72.0 Å². The first-order valence-corrected chi connectivity index (χ1v) is 8.14. The van der Waals surface area contributed by atoms with Crippen molar-refractivity contribution >= 4 is 0 Å². The van der Waals surface area contributed by atoms with Crippen molar-refractivity contribution in [1.82, 2.24) is 15.1 Å². The first kappa shape index (κ1) is 16.5. The van der Waals surface area contributed by atoms with Gasteiger partial charge in [-0.2, -0.15) is 0 Å². The topological polar surface area (TPSA) is 18.5 Å². The van der Waals surface area contributed by atoms with Crippen LogP contribution in [0.1, 0.15) is 35.6 Å². The summed E-state index contributed by atoms with van der Waals surface area (Å²) in [7, 11) is 6.48. The summed E-state index contributed by atoms with van der Waals surface area (Å²) in [4.78, 5) is 4.98. The van der Waals surface area contributed by atoms with Crippen molar-refractivity contribution in [2.75, 3.05) is 40.8 Å². The Balaban J connectivity index is 1.97. The molecule has 0 aromatic heterocycles. The van der Waals surface area contributed by atoms with E-state index in [1.807, 2.05) is 0 Å². The Bertz CT molecular complexity index is 448. The summed E-state index contributed by atoms with van der Waals surface area (Å²) in [6.45, 7) is 7.93. The lowest BCUT2D eigenvalue weighted by molar-refractivity contribution is 0.136. The van der Waals surface area contributed by atoms with Gasteiger partial charge in [0.2, 0.25) is 0 Å². The van der Waals surface area contributed by atoms with E-state index in [-0.39, 0.29) is 0 Å². The molecule has 0 aliphatic carbocycles. The highest BCUT2D eigenvalue weighted by molar-refractivity contribution is 5.33. The van der Waals surface area contributed by atoms with E-state index in [0.29, 0.717) is 6.04 Å². The number of hydrogen-bond acceptors (Lipinski definition) is 3. The van der Waals surface area contributed by atoms with E-state index in [1.54, 1.807) is 0 Å². The maximum Gasteiger partial charge on any atom is 0.0449 e. The van der Waals surface area contributed by atoms with Crippen molar-refractivity contribution in [3.63, 3.8) is 0 Å². The quantitative estimate of drug-likeness (QED) is 0.899. The van der Waals surface area contributed by atoms with E-state index in [2.05, 4.69) is 68.3 Å². The molecule has 1 atom stereocenters. The fourth-order valence-electron chi connectivity index (χ4n) is 3.44. The van der Waals surface area contributed by atoms with Crippen molar-refractivity contribution in [2.45, 2.75) is 38.8 Å². The molecule has 0 amide bonds. The highest BCUT2D eigenvalue weighted by atomic mass is 15.2. The number of likely N-dealkylation sites (N-methyl/N-ethyl adjacent to an activating group) is 1. The lowest BCUT2D eigenvalue weighted by Crippen LogP contribution is -2.44. The number of nitrogens with zero attached hydrogens (tertiary/aromatic N) is 2. The zero-order valence-corrected chi connectivity index (χ0v) is 14.3. The standard InChI is InChI=1S/C18H31N3/c1-14-6-7-17(15(2)12-14)18(19-3)13-21-10-8-16(9-11-21)20(4)5/h6-7,12,16,18-19H,8-11,13H2,1-5H3. The van der Waals surface area contributed by atoms with Gasteiger partial charge in [0.15, 0.2) is 0 Å². The Hall–Kier alpha value is -0.900. The van der Waals surface area contributed by atoms with Crippen LogP contribution >= 0.6 is 0 Å². The summed E-state index contributed by atoms with van der Waals surface area (Å²) in [6, 6.07) is 8.00. The van der Waals surface area contributed by atoms with Gasteiger partial charge in [0.1, 0.15) is 0 Å². The molecular formula is C18H31N3. The van der Waals surface area contributed by atoms with Crippen LogP contribution < -0.4 is 5.32 Å². The van der Waals surface area contributed by atoms with E-state index < -0.39 is 0 Å². The van der Waals surface area contributed by atoms with E-state index >= 15 is 0 Å². The Morgan fingerprint density at radius 2 is 1.90 bits per heavy atom. The van der Waals surface area contributed by atoms with Crippen LogP contribution in [0.15, 0.2) is 18.2 Å². The van der Waals surface area contributed by atoms with E-state index in [4.69, 9.17) is 0 Å². The van der Waals surface area contributed by atoms with Crippen molar-refractivity contribution in [2.24, 2.45) is 0 Å². The molecule has 21 heavy (non-hydrogen) atoms. The maximum atomic E-state index is 3.51. The lowest BCUT2D eigenvalue weighted by atomic mass is 9.97. The molecule has 0 spiro atoms. The monoisotopic (exact) mass is 289 g/mol. The molecule has 1 heterocycles. The molecule has 0 radical (unpaired) electrons. The van der Waals surface area contributed by atoms with Crippen LogP contribution in [0.2, 0.25) is 0 Å². The van der Waals surface area contributed by atoms with Crippen molar-refractivity contribution < 1.29 is 0 Å². The van der Waals surface area contributed by atoms with Crippen LogP contribution in [0.25, 0.3) is 0 Å². The number of aryl methyl sites for hydroxylation is 2. The average molecular weight is 289 g/mol. The third-order valence-electron chi connectivity index (χ3n) is 4.88. The molecule has 1 aromatic carbocycles. The predicted molar refractivity (Wildman–Crippen MR) is 90.9 cm³/mol. The molecule has 1 saturated heterocycles. The van der Waals surface area contributed by atoms with Gasteiger partial charge in [0.25, 0.3) is 0 Å². The lowest BCUT2D eigenvalue weighted by Gasteiger charge is -2.37. The molecule has 1 aliphatic heterocycles. The minimum Gasteiger partial charge on any atom is -0.312 e. The smallest absolute Gasteiger partial charge is 0.0449 e. The van der Waals surface area contributed by atoms with Crippen LogP contribution in [0.3, 0.4) is 0 Å². The third-order valence-corrected chi connectivity index (χ3v) is 4.88. The predicted octanol–water partition coefficient (Wildman–Crippen LogP) is 2.59. The number of rotatable bonds is 5. The number of benzene rings is 1. The minimum absolute atomic E-state index is 0.432. The van der Waals surface area contributed by atoms with Gasteiger partial charge < -0.3 is 15.1 Å². The fourth-order valence-corrected chi connectivity index (χ4v) is 3.44.